The summed E-state index contributed by atoms with van der Waals surface area (Å²) in [5.41, 5.74) is 1.06. The Bertz CT molecular complexity index is 951. The van der Waals surface area contributed by atoms with Gasteiger partial charge in [0.2, 0.25) is 11.0 Å². The van der Waals surface area contributed by atoms with Gasteiger partial charge in [-0.15, -0.1) is 11.8 Å². The highest BCUT2D eigenvalue weighted by Crippen LogP contribution is 2.49. The average molecular weight is 406 g/mol. The highest BCUT2D eigenvalue weighted by atomic mass is 32.2. The molecule has 1 aliphatic carbocycles. The van der Waals surface area contributed by atoms with Gasteiger partial charge in [0.25, 0.3) is 0 Å². The van der Waals surface area contributed by atoms with Crippen molar-refractivity contribution in [1.29, 1.82) is 0 Å². The fourth-order valence-corrected chi connectivity index (χ4v) is 5.80. The van der Waals surface area contributed by atoms with Crippen molar-refractivity contribution in [3.8, 4) is 10.8 Å². The number of anilines is 1. The van der Waals surface area contributed by atoms with E-state index in [2.05, 4.69) is 32.0 Å². The highest BCUT2D eigenvalue weighted by molar-refractivity contribution is 8.00. The van der Waals surface area contributed by atoms with Gasteiger partial charge in [-0.05, 0) is 47.9 Å². The second-order valence-electron chi connectivity index (χ2n) is 6.33. The maximum atomic E-state index is 12.3. The van der Waals surface area contributed by atoms with Gasteiger partial charge in [-0.25, -0.2) is 9.89 Å². The molecule has 1 saturated carbocycles. The Morgan fingerprint density at radius 3 is 2.89 bits per heavy atom. The molecule has 0 radical (unpaired) electrons. The molecule has 0 saturated heterocycles. The fourth-order valence-electron chi connectivity index (χ4n) is 3.18. The van der Waals surface area contributed by atoms with Crippen LogP contribution in [0.15, 0.2) is 17.0 Å². The Balaban J connectivity index is 1.67. The third-order valence-corrected chi connectivity index (χ3v) is 7.07. The number of aromatic amines is 1. The van der Waals surface area contributed by atoms with Gasteiger partial charge < -0.3 is 9.47 Å². The monoisotopic (exact) mass is 405 g/mol. The van der Waals surface area contributed by atoms with Crippen LogP contribution in [0.4, 0.5) is 10.7 Å². The third-order valence-electron chi connectivity index (χ3n) is 4.47. The standard InChI is InChI=1S/C17H19N5O3S2/c1-9-7-11-13(8-12(9)24-2)27-15(14(11)26-10-5-3-4-6-10)25-17(23)18-16-19-21-22-20-16/h7-8,10H,3-6H2,1-2H3,(H2,18,19,20,21,22,23). The lowest BCUT2D eigenvalue weighted by molar-refractivity contribution is 0.215. The van der Waals surface area contributed by atoms with E-state index in [1.165, 1.54) is 37.0 Å². The molecule has 4 rings (SSSR count). The molecule has 2 N–H and O–H groups in total. The first-order valence-electron chi connectivity index (χ1n) is 8.64. The van der Waals surface area contributed by atoms with Gasteiger partial charge in [0.1, 0.15) is 5.75 Å². The molecule has 1 aliphatic rings. The van der Waals surface area contributed by atoms with Crippen molar-refractivity contribution in [3.05, 3.63) is 17.7 Å². The maximum Gasteiger partial charge on any atom is 0.420 e. The molecule has 8 nitrogen and oxygen atoms in total. The van der Waals surface area contributed by atoms with Crippen molar-refractivity contribution in [2.24, 2.45) is 0 Å². The van der Waals surface area contributed by atoms with Crippen molar-refractivity contribution in [1.82, 2.24) is 20.6 Å². The first kappa shape index (κ1) is 18.1. The zero-order valence-corrected chi connectivity index (χ0v) is 16.6. The lowest BCUT2D eigenvalue weighted by Gasteiger charge is -2.11. The zero-order chi connectivity index (χ0) is 18.8. The largest absolute Gasteiger partial charge is 0.496 e. The first-order chi connectivity index (χ1) is 13.1. The molecule has 0 bridgehead atoms. The number of tetrazole rings is 1. The molecule has 0 spiro atoms. The van der Waals surface area contributed by atoms with Crippen LogP contribution in [0.5, 0.6) is 10.8 Å². The summed E-state index contributed by atoms with van der Waals surface area (Å²) >= 11 is 3.24. The minimum atomic E-state index is -0.628. The third kappa shape index (κ3) is 3.86. The summed E-state index contributed by atoms with van der Waals surface area (Å²) < 4.78 is 12.1. The number of hydrogen-bond donors (Lipinski definition) is 2. The number of methoxy groups -OCH3 is 1. The van der Waals surface area contributed by atoms with E-state index < -0.39 is 6.09 Å². The van der Waals surface area contributed by atoms with E-state index in [1.54, 1.807) is 18.9 Å². The van der Waals surface area contributed by atoms with Gasteiger partial charge in [0, 0.05) is 15.3 Å². The topological polar surface area (TPSA) is 102 Å². The summed E-state index contributed by atoms with van der Waals surface area (Å²) in [6.45, 7) is 2.02. The number of thioether (sulfide) groups is 1. The average Bonchev–Trinajstić information content (AvgIpc) is 3.38. The number of carbonyl (C=O) groups is 1. The van der Waals surface area contributed by atoms with Crippen LogP contribution in [0.1, 0.15) is 31.2 Å². The first-order valence-corrected chi connectivity index (χ1v) is 10.3. The van der Waals surface area contributed by atoms with Crippen molar-refractivity contribution in [2.75, 3.05) is 12.4 Å². The number of aryl methyl sites for hydroxylation is 1. The van der Waals surface area contributed by atoms with Crippen LogP contribution in [0, 0.1) is 6.92 Å². The van der Waals surface area contributed by atoms with Crippen LogP contribution in [0.2, 0.25) is 0 Å². The van der Waals surface area contributed by atoms with E-state index in [4.69, 9.17) is 9.47 Å². The van der Waals surface area contributed by atoms with Gasteiger partial charge in [0.15, 0.2) is 0 Å². The smallest absolute Gasteiger partial charge is 0.420 e. The summed E-state index contributed by atoms with van der Waals surface area (Å²) in [5, 5.41) is 17.7. The number of nitrogens with one attached hydrogen (secondary N) is 2. The lowest BCUT2D eigenvalue weighted by Crippen LogP contribution is -2.17. The van der Waals surface area contributed by atoms with Crippen LogP contribution in [0.25, 0.3) is 10.1 Å². The molecule has 0 unspecified atom stereocenters. The van der Waals surface area contributed by atoms with Crippen LogP contribution >= 0.6 is 23.1 Å². The molecule has 0 atom stereocenters. The second-order valence-corrected chi connectivity index (χ2v) is 8.65. The second kappa shape index (κ2) is 7.73. The molecule has 3 aromatic rings. The summed E-state index contributed by atoms with van der Waals surface area (Å²) in [5.74, 6) is 0.966. The molecular formula is C17H19N5O3S2. The van der Waals surface area contributed by atoms with Gasteiger partial charge in [-0.2, -0.15) is 0 Å². The number of amides is 1. The van der Waals surface area contributed by atoms with Gasteiger partial charge >= 0.3 is 6.09 Å². The van der Waals surface area contributed by atoms with E-state index in [-0.39, 0.29) is 5.95 Å². The number of benzene rings is 1. The molecule has 1 aromatic carbocycles. The van der Waals surface area contributed by atoms with Crippen LogP contribution in [-0.4, -0.2) is 39.1 Å². The number of H-pyrrole nitrogens is 1. The Morgan fingerprint density at radius 2 is 2.19 bits per heavy atom. The number of rotatable bonds is 5. The Labute approximate surface area is 164 Å². The van der Waals surface area contributed by atoms with Gasteiger partial charge in [-0.3, -0.25) is 5.32 Å². The number of aromatic nitrogens is 4. The number of nitrogens with zero attached hydrogens (tertiary/aromatic N) is 3. The molecule has 27 heavy (non-hydrogen) atoms. The Morgan fingerprint density at radius 1 is 1.37 bits per heavy atom. The summed E-state index contributed by atoms with van der Waals surface area (Å²) in [6.07, 6.45) is 4.25. The minimum Gasteiger partial charge on any atom is -0.496 e. The zero-order valence-electron chi connectivity index (χ0n) is 14.9. The van der Waals surface area contributed by atoms with Gasteiger partial charge in [-0.1, -0.05) is 29.3 Å². The maximum absolute atomic E-state index is 12.3. The number of thiophene rings is 1. The normalized spacial score (nSPS) is 14.6. The summed E-state index contributed by atoms with van der Waals surface area (Å²) in [6, 6.07) is 4.10. The predicted molar refractivity (Wildman–Crippen MR) is 105 cm³/mol. The molecule has 0 aliphatic heterocycles. The van der Waals surface area contributed by atoms with Gasteiger partial charge in [0.05, 0.1) is 12.0 Å². The minimum absolute atomic E-state index is 0.142. The Kier molecular flexibility index (Phi) is 5.17. The SMILES string of the molecule is COc1cc2sc(OC(=O)Nc3nnn[nH]3)c(SC3CCCC3)c2cc1C. The van der Waals surface area contributed by atoms with Crippen LogP contribution < -0.4 is 14.8 Å². The Hall–Kier alpha value is -2.33. The van der Waals surface area contributed by atoms with Crippen molar-refractivity contribution in [2.45, 2.75) is 42.8 Å². The van der Waals surface area contributed by atoms with Crippen molar-refractivity contribution in [3.63, 3.8) is 0 Å². The molecule has 142 valence electrons. The van der Waals surface area contributed by atoms with Crippen molar-refractivity contribution < 1.29 is 14.3 Å². The molecule has 10 heteroatoms. The highest BCUT2D eigenvalue weighted by Gasteiger charge is 2.24. The number of fused-ring (bicyclic) bond motifs is 1. The van der Waals surface area contributed by atoms with E-state index in [9.17, 15) is 4.79 Å². The lowest BCUT2D eigenvalue weighted by atomic mass is 10.1. The summed E-state index contributed by atoms with van der Waals surface area (Å²) in [7, 11) is 1.66. The predicted octanol–water partition coefficient (Wildman–Crippen LogP) is 4.38. The van der Waals surface area contributed by atoms with E-state index in [0.29, 0.717) is 10.3 Å². The molecule has 1 amide bonds. The number of ether oxygens (including phenoxy) is 2. The fraction of sp³-hybridized carbons (Fsp3) is 0.412. The van der Waals surface area contributed by atoms with E-state index in [0.717, 1.165) is 26.3 Å². The number of carbonyl (C=O) groups excluding carboxylic acids is 1. The quantitative estimate of drug-likeness (QED) is 0.649. The van der Waals surface area contributed by atoms with Crippen molar-refractivity contribution >= 4 is 45.2 Å². The van der Waals surface area contributed by atoms with Crippen LogP contribution in [0.3, 0.4) is 0 Å². The summed E-state index contributed by atoms with van der Waals surface area (Å²) in [4.78, 5) is 13.3. The molecule has 1 fully saturated rings. The number of hydrogen-bond acceptors (Lipinski definition) is 8. The molecule has 2 aromatic heterocycles. The molecular weight excluding hydrogens is 386 g/mol. The van der Waals surface area contributed by atoms with E-state index in [1.807, 2.05) is 13.0 Å². The van der Waals surface area contributed by atoms with Crippen LogP contribution in [-0.2, 0) is 0 Å². The molecule has 2 heterocycles. The van der Waals surface area contributed by atoms with E-state index >= 15 is 0 Å².